The second kappa shape index (κ2) is 5.37. The van der Waals surface area contributed by atoms with Gasteiger partial charge in [0.15, 0.2) is 0 Å². The first-order chi connectivity index (χ1) is 10.1. The standard InChI is InChI=1S/C15H19N3O3/c19-13-15(6-7-16-13)11-17(14(20)21)8-9-18(15)10-12-4-2-1-3-5-12/h1-5H,6-11H2,(H,16,19)(H,20,21). The molecule has 0 aromatic heterocycles. The number of nitrogens with zero attached hydrogens (tertiary/aromatic N) is 2. The average molecular weight is 289 g/mol. The van der Waals surface area contributed by atoms with Gasteiger partial charge in [0, 0.05) is 26.2 Å². The molecule has 1 aromatic carbocycles. The van der Waals surface area contributed by atoms with Crippen LogP contribution in [-0.4, -0.2) is 58.6 Å². The first-order valence-corrected chi connectivity index (χ1v) is 7.17. The van der Waals surface area contributed by atoms with Crippen molar-refractivity contribution >= 4 is 12.0 Å². The van der Waals surface area contributed by atoms with Crippen LogP contribution < -0.4 is 5.32 Å². The highest BCUT2D eigenvalue weighted by Crippen LogP contribution is 2.30. The van der Waals surface area contributed by atoms with Gasteiger partial charge in [-0.1, -0.05) is 30.3 Å². The zero-order valence-corrected chi connectivity index (χ0v) is 11.8. The molecule has 21 heavy (non-hydrogen) atoms. The Morgan fingerprint density at radius 2 is 2.05 bits per heavy atom. The normalized spacial score (nSPS) is 26.1. The minimum atomic E-state index is -0.951. The third-order valence-corrected chi connectivity index (χ3v) is 4.43. The molecule has 2 aliphatic rings. The summed E-state index contributed by atoms with van der Waals surface area (Å²) < 4.78 is 0. The predicted octanol–water partition coefficient (Wildman–Crippen LogP) is 0.741. The van der Waals surface area contributed by atoms with Gasteiger partial charge in [-0.15, -0.1) is 0 Å². The molecule has 2 fully saturated rings. The second-order valence-corrected chi connectivity index (χ2v) is 5.65. The van der Waals surface area contributed by atoms with E-state index in [1.807, 2.05) is 30.3 Å². The molecule has 2 N–H and O–H groups in total. The van der Waals surface area contributed by atoms with Crippen LogP contribution in [0.1, 0.15) is 12.0 Å². The first-order valence-electron chi connectivity index (χ1n) is 7.17. The molecule has 6 nitrogen and oxygen atoms in total. The first kappa shape index (κ1) is 13.9. The maximum atomic E-state index is 12.3. The summed E-state index contributed by atoms with van der Waals surface area (Å²) in [4.78, 5) is 27.1. The van der Waals surface area contributed by atoms with E-state index in [1.165, 1.54) is 4.90 Å². The molecule has 1 aromatic rings. The number of nitrogens with one attached hydrogen (secondary N) is 1. The van der Waals surface area contributed by atoms with E-state index >= 15 is 0 Å². The van der Waals surface area contributed by atoms with E-state index < -0.39 is 11.6 Å². The molecule has 1 unspecified atom stereocenters. The van der Waals surface area contributed by atoms with Crippen molar-refractivity contribution in [2.75, 3.05) is 26.2 Å². The number of amides is 2. The number of carbonyl (C=O) groups excluding carboxylic acids is 1. The summed E-state index contributed by atoms with van der Waals surface area (Å²) in [5.41, 5.74) is 0.423. The summed E-state index contributed by atoms with van der Waals surface area (Å²) in [7, 11) is 0. The fourth-order valence-corrected chi connectivity index (χ4v) is 3.26. The number of hydrogen-bond donors (Lipinski definition) is 2. The molecule has 0 radical (unpaired) electrons. The van der Waals surface area contributed by atoms with Gasteiger partial charge in [0.2, 0.25) is 5.91 Å². The van der Waals surface area contributed by atoms with Crippen molar-refractivity contribution in [3.63, 3.8) is 0 Å². The van der Waals surface area contributed by atoms with Crippen LogP contribution in [0.3, 0.4) is 0 Å². The van der Waals surface area contributed by atoms with Crippen LogP contribution in [0.5, 0.6) is 0 Å². The number of carbonyl (C=O) groups is 2. The number of rotatable bonds is 2. The molecule has 1 spiro atoms. The lowest BCUT2D eigenvalue weighted by molar-refractivity contribution is -0.134. The van der Waals surface area contributed by atoms with Crippen LogP contribution in [0.4, 0.5) is 4.79 Å². The molecule has 2 amide bonds. The molecule has 0 bridgehead atoms. The summed E-state index contributed by atoms with van der Waals surface area (Å²) in [5, 5.41) is 12.1. The fourth-order valence-electron chi connectivity index (χ4n) is 3.26. The average Bonchev–Trinajstić information content (AvgIpc) is 2.84. The summed E-state index contributed by atoms with van der Waals surface area (Å²) in [5.74, 6) is -0.0515. The molecule has 112 valence electrons. The maximum absolute atomic E-state index is 12.3. The highest BCUT2D eigenvalue weighted by molar-refractivity contribution is 5.89. The van der Waals surface area contributed by atoms with Crippen LogP contribution in [0.15, 0.2) is 30.3 Å². The van der Waals surface area contributed by atoms with Crippen molar-refractivity contribution in [3.8, 4) is 0 Å². The van der Waals surface area contributed by atoms with E-state index in [9.17, 15) is 14.7 Å². The van der Waals surface area contributed by atoms with E-state index in [1.54, 1.807) is 0 Å². The molecular formula is C15H19N3O3. The lowest BCUT2D eigenvalue weighted by Crippen LogP contribution is -2.65. The summed E-state index contributed by atoms with van der Waals surface area (Å²) in [6, 6.07) is 9.98. The number of piperazine rings is 1. The van der Waals surface area contributed by atoms with Crippen LogP contribution in [0.2, 0.25) is 0 Å². The monoisotopic (exact) mass is 289 g/mol. The molecule has 3 rings (SSSR count). The molecule has 0 aliphatic carbocycles. The van der Waals surface area contributed by atoms with Crippen molar-refractivity contribution in [2.24, 2.45) is 0 Å². The Bertz CT molecular complexity index is 548. The van der Waals surface area contributed by atoms with Gasteiger partial charge < -0.3 is 15.3 Å². The Hall–Kier alpha value is -2.08. The summed E-state index contributed by atoms with van der Waals surface area (Å²) in [6.07, 6.45) is -0.295. The van der Waals surface area contributed by atoms with Gasteiger partial charge >= 0.3 is 6.09 Å². The quantitative estimate of drug-likeness (QED) is 0.842. The van der Waals surface area contributed by atoms with Gasteiger partial charge in [0.1, 0.15) is 5.54 Å². The molecule has 6 heteroatoms. The lowest BCUT2D eigenvalue weighted by Gasteiger charge is -2.46. The molecule has 0 saturated carbocycles. The van der Waals surface area contributed by atoms with Crippen molar-refractivity contribution in [1.82, 2.24) is 15.1 Å². The Balaban J connectivity index is 1.85. The van der Waals surface area contributed by atoms with E-state index in [0.29, 0.717) is 32.6 Å². The van der Waals surface area contributed by atoms with Gasteiger partial charge in [-0.2, -0.15) is 0 Å². The van der Waals surface area contributed by atoms with Crippen molar-refractivity contribution < 1.29 is 14.7 Å². The van der Waals surface area contributed by atoms with Crippen molar-refractivity contribution in [2.45, 2.75) is 18.5 Å². The van der Waals surface area contributed by atoms with Crippen LogP contribution >= 0.6 is 0 Å². The molecular weight excluding hydrogens is 270 g/mol. The van der Waals surface area contributed by atoms with E-state index in [2.05, 4.69) is 10.2 Å². The Morgan fingerprint density at radius 1 is 1.29 bits per heavy atom. The topological polar surface area (TPSA) is 72.9 Å². The predicted molar refractivity (Wildman–Crippen MR) is 76.8 cm³/mol. The second-order valence-electron chi connectivity index (χ2n) is 5.65. The van der Waals surface area contributed by atoms with Crippen LogP contribution in [-0.2, 0) is 11.3 Å². The minimum absolute atomic E-state index is 0.0515. The highest BCUT2D eigenvalue weighted by atomic mass is 16.4. The van der Waals surface area contributed by atoms with E-state index in [0.717, 1.165) is 5.56 Å². The SMILES string of the molecule is O=C(O)N1CCN(Cc2ccccc2)C2(CCNC2=O)C1. The number of hydrogen-bond acceptors (Lipinski definition) is 3. The third-order valence-electron chi connectivity index (χ3n) is 4.43. The maximum Gasteiger partial charge on any atom is 0.407 e. The van der Waals surface area contributed by atoms with Crippen LogP contribution in [0.25, 0.3) is 0 Å². The number of carboxylic acid groups (broad SMARTS) is 1. The molecule has 2 saturated heterocycles. The van der Waals surface area contributed by atoms with Gasteiger partial charge in [0.25, 0.3) is 0 Å². The van der Waals surface area contributed by atoms with Gasteiger partial charge in [-0.05, 0) is 12.0 Å². The fraction of sp³-hybridized carbons (Fsp3) is 0.467. The van der Waals surface area contributed by atoms with Crippen LogP contribution in [0, 0.1) is 0 Å². The highest BCUT2D eigenvalue weighted by Gasteiger charge is 2.51. The number of benzene rings is 1. The van der Waals surface area contributed by atoms with E-state index in [4.69, 9.17) is 0 Å². The Kier molecular flexibility index (Phi) is 3.55. The molecule has 2 aliphatic heterocycles. The Labute approximate surface area is 123 Å². The zero-order valence-electron chi connectivity index (χ0n) is 11.8. The van der Waals surface area contributed by atoms with Crippen molar-refractivity contribution in [1.29, 1.82) is 0 Å². The summed E-state index contributed by atoms with van der Waals surface area (Å²) >= 11 is 0. The minimum Gasteiger partial charge on any atom is -0.465 e. The Morgan fingerprint density at radius 3 is 2.67 bits per heavy atom. The van der Waals surface area contributed by atoms with E-state index in [-0.39, 0.29) is 12.5 Å². The zero-order chi connectivity index (χ0) is 14.9. The largest absolute Gasteiger partial charge is 0.465 e. The van der Waals surface area contributed by atoms with Gasteiger partial charge in [0.05, 0.1) is 6.54 Å². The molecule has 2 heterocycles. The summed E-state index contributed by atoms with van der Waals surface area (Å²) in [6.45, 7) is 2.55. The molecule has 1 atom stereocenters. The van der Waals surface area contributed by atoms with Gasteiger partial charge in [-0.25, -0.2) is 4.79 Å². The van der Waals surface area contributed by atoms with Crippen molar-refractivity contribution in [3.05, 3.63) is 35.9 Å². The lowest BCUT2D eigenvalue weighted by atomic mass is 9.91. The third kappa shape index (κ3) is 2.47. The smallest absolute Gasteiger partial charge is 0.407 e. The van der Waals surface area contributed by atoms with Gasteiger partial charge in [-0.3, -0.25) is 9.69 Å².